The number of hydrogen-bond donors (Lipinski definition) is 2. The first-order chi connectivity index (χ1) is 11.7. The van der Waals surface area contributed by atoms with Crippen molar-refractivity contribution in [2.45, 2.75) is 122 Å². The van der Waals surface area contributed by atoms with Crippen LogP contribution < -0.4 is 0 Å². The molecule has 0 spiro atoms. The van der Waals surface area contributed by atoms with E-state index in [0.29, 0.717) is 6.42 Å². The minimum absolute atomic E-state index is 0.134. The summed E-state index contributed by atoms with van der Waals surface area (Å²) in [5.41, 5.74) is 0. The molecule has 1 fully saturated rings. The first-order valence-corrected chi connectivity index (χ1v) is 10.3. The van der Waals surface area contributed by atoms with Gasteiger partial charge in [-0.1, -0.05) is 46.0 Å². The highest BCUT2D eigenvalue weighted by Gasteiger charge is 2.25. The second-order valence-corrected chi connectivity index (χ2v) is 7.26. The molecule has 0 aromatic carbocycles. The highest BCUT2D eigenvalue weighted by atomic mass is 16.7. The molecule has 0 aromatic heterocycles. The first kappa shape index (κ1) is 21.9. The molecular formula is C20H40O4. The molecule has 4 nitrogen and oxygen atoms in total. The lowest BCUT2D eigenvalue weighted by Gasteiger charge is -2.30. The molecule has 0 amide bonds. The summed E-state index contributed by atoms with van der Waals surface area (Å²) in [7, 11) is 0. The van der Waals surface area contributed by atoms with Crippen molar-refractivity contribution >= 4 is 0 Å². The smallest absolute Gasteiger partial charge is 0.158 e. The zero-order chi connectivity index (χ0) is 17.6. The van der Waals surface area contributed by atoms with Crippen LogP contribution in [0.25, 0.3) is 0 Å². The molecule has 1 heterocycles. The number of unbranched alkanes of at least 4 members (excludes halogenated alkanes) is 3. The summed E-state index contributed by atoms with van der Waals surface area (Å²) in [5.74, 6) is 0. The summed E-state index contributed by atoms with van der Waals surface area (Å²) >= 11 is 0. The van der Waals surface area contributed by atoms with Gasteiger partial charge in [-0.05, 0) is 51.4 Å². The SMILES string of the molecule is CCCCCC(O)CCCC(O)C(CCCC)OC1CCCCO1. The fourth-order valence-corrected chi connectivity index (χ4v) is 3.29. The topological polar surface area (TPSA) is 58.9 Å². The van der Waals surface area contributed by atoms with Crippen molar-refractivity contribution in [3.05, 3.63) is 0 Å². The van der Waals surface area contributed by atoms with Crippen LogP contribution in [0, 0.1) is 0 Å². The average Bonchev–Trinajstić information content (AvgIpc) is 2.59. The maximum atomic E-state index is 10.5. The number of aliphatic hydroxyl groups is 2. The number of aliphatic hydroxyl groups excluding tert-OH is 2. The van der Waals surface area contributed by atoms with E-state index in [4.69, 9.17) is 9.47 Å². The largest absolute Gasteiger partial charge is 0.393 e. The van der Waals surface area contributed by atoms with Gasteiger partial charge in [0.25, 0.3) is 0 Å². The molecule has 1 rings (SSSR count). The van der Waals surface area contributed by atoms with E-state index in [9.17, 15) is 10.2 Å². The van der Waals surface area contributed by atoms with E-state index in [2.05, 4.69) is 13.8 Å². The van der Waals surface area contributed by atoms with Crippen molar-refractivity contribution in [1.29, 1.82) is 0 Å². The lowest BCUT2D eigenvalue weighted by atomic mass is 9.99. The molecule has 4 unspecified atom stereocenters. The Kier molecular flexibility index (Phi) is 12.8. The van der Waals surface area contributed by atoms with Gasteiger partial charge in [-0.3, -0.25) is 0 Å². The normalized spacial score (nSPS) is 22.2. The predicted molar refractivity (Wildman–Crippen MR) is 98.0 cm³/mol. The van der Waals surface area contributed by atoms with Gasteiger partial charge in [-0.15, -0.1) is 0 Å². The molecule has 1 aliphatic rings. The fourth-order valence-electron chi connectivity index (χ4n) is 3.29. The number of rotatable bonds is 14. The molecule has 1 saturated heterocycles. The van der Waals surface area contributed by atoms with E-state index in [1.165, 1.54) is 12.8 Å². The Morgan fingerprint density at radius 2 is 1.67 bits per heavy atom. The van der Waals surface area contributed by atoms with Gasteiger partial charge in [0.05, 0.1) is 18.3 Å². The van der Waals surface area contributed by atoms with E-state index < -0.39 is 6.10 Å². The van der Waals surface area contributed by atoms with Crippen molar-refractivity contribution in [2.75, 3.05) is 6.61 Å². The minimum atomic E-state index is -0.454. The van der Waals surface area contributed by atoms with Gasteiger partial charge in [0.15, 0.2) is 6.29 Å². The Labute approximate surface area is 148 Å². The molecule has 4 heteroatoms. The zero-order valence-corrected chi connectivity index (χ0v) is 15.9. The zero-order valence-electron chi connectivity index (χ0n) is 15.9. The van der Waals surface area contributed by atoms with E-state index in [0.717, 1.165) is 70.8 Å². The van der Waals surface area contributed by atoms with Gasteiger partial charge in [0.1, 0.15) is 0 Å². The molecule has 1 aliphatic heterocycles. The fraction of sp³-hybridized carbons (Fsp3) is 1.00. The number of hydrogen-bond acceptors (Lipinski definition) is 4. The van der Waals surface area contributed by atoms with Crippen LogP contribution in [0.4, 0.5) is 0 Å². The Balaban J connectivity index is 2.27. The Bertz CT molecular complexity index is 279. The second kappa shape index (κ2) is 14.1. The average molecular weight is 345 g/mol. The summed E-state index contributed by atoms with van der Waals surface area (Å²) in [6.45, 7) is 5.10. The first-order valence-electron chi connectivity index (χ1n) is 10.3. The number of ether oxygens (including phenoxy) is 2. The van der Waals surface area contributed by atoms with Crippen LogP contribution in [-0.4, -0.2) is 41.4 Å². The third kappa shape index (κ3) is 9.97. The lowest BCUT2D eigenvalue weighted by molar-refractivity contribution is -0.209. The van der Waals surface area contributed by atoms with E-state index in [1.807, 2.05) is 0 Å². The maximum absolute atomic E-state index is 10.5. The van der Waals surface area contributed by atoms with Gasteiger partial charge in [0.2, 0.25) is 0 Å². The van der Waals surface area contributed by atoms with Crippen LogP contribution >= 0.6 is 0 Å². The van der Waals surface area contributed by atoms with Gasteiger partial charge >= 0.3 is 0 Å². The predicted octanol–water partition coefficient (Wildman–Crippen LogP) is 4.56. The summed E-state index contributed by atoms with van der Waals surface area (Å²) in [5, 5.41) is 20.5. The van der Waals surface area contributed by atoms with Crippen LogP contribution in [0.1, 0.15) is 97.3 Å². The monoisotopic (exact) mass is 344 g/mol. The quantitative estimate of drug-likeness (QED) is 0.454. The third-order valence-corrected chi connectivity index (χ3v) is 4.91. The van der Waals surface area contributed by atoms with Crippen molar-refractivity contribution in [3.8, 4) is 0 Å². The Morgan fingerprint density at radius 1 is 0.917 bits per heavy atom. The standard InChI is InChI=1S/C20H40O4/c1-3-5-7-11-17(21)12-10-13-18(22)19(14-6-4-2)24-20-15-8-9-16-23-20/h17-22H,3-16H2,1-2H3. The summed E-state index contributed by atoms with van der Waals surface area (Å²) < 4.78 is 11.7. The van der Waals surface area contributed by atoms with Crippen molar-refractivity contribution in [1.82, 2.24) is 0 Å². The van der Waals surface area contributed by atoms with Gasteiger partial charge in [-0.25, -0.2) is 0 Å². The highest BCUT2D eigenvalue weighted by Crippen LogP contribution is 2.22. The highest BCUT2D eigenvalue weighted by molar-refractivity contribution is 4.72. The molecule has 2 N–H and O–H groups in total. The van der Waals surface area contributed by atoms with E-state index in [-0.39, 0.29) is 18.5 Å². The van der Waals surface area contributed by atoms with Crippen LogP contribution in [0.15, 0.2) is 0 Å². The van der Waals surface area contributed by atoms with Crippen molar-refractivity contribution in [2.24, 2.45) is 0 Å². The van der Waals surface area contributed by atoms with Crippen molar-refractivity contribution < 1.29 is 19.7 Å². The molecule has 0 radical (unpaired) electrons. The van der Waals surface area contributed by atoms with Crippen LogP contribution in [-0.2, 0) is 9.47 Å². The van der Waals surface area contributed by atoms with E-state index >= 15 is 0 Å². The van der Waals surface area contributed by atoms with E-state index in [1.54, 1.807) is 0 Å². The summed E-state index contributed by atoms with van der Waals surface area (Å²) in [6, 6.07) is 0. The van der Waals surface area contributed by atoms with Crippen molar-refractivity contribution in [3.63, 3.8) is 0 Å². The minimum Gasteiger partial charge on any atom is -0.393 e. The molecule has 0 aromatic rings. The van der Waals surface area contributed by atoms with Gasteiger partial charge in [-0.2, -0.15) is 0 Å². The van der Waals surface area contributed by atoms with Crippen LogP contribution in [0.5, 0.6) is 0 Å². The van der Waals surface area contributed by atoms with Gasteiger partial charge < -0.3 is 19.7 Å². The second-order valence-electron chi connectivity index (χ2n) is 7.26. The molecule has 4 atom stereocenters. The molecule has 0 saturated carbocycles. The lowest BCUT2D eigenvalue weighted by Crippen LogP contribution is -2.35. The van der Waals surface area contributed by atoms with Crippen LogP contribution in [0.3, 0.4) is 0 Å². The summed E-state index contributed by atoms with van der Waals surface area (Å²) in [4.78, 5) is 0. The van der Waals surface area contributed by atoms with Crippen LogP contribution in [0.2, 0.25) is 0 Å². The molecule has 0 aliphatic carbocycles. The third-order valence-electron chi connectivity index (χ3n) is 4.91. The maximum Gasteiger partial charge on any atom is 0.158 e. The Morgan fingerprint density at radius 3 is 2.33 bits per heavy atom. The molecule has 0 bridgehead atoms. The molecule has 24 heavy (non-hydrogen) atoms. The Hall–Kier alpha value is -0.160. The van der Waals surface area contributed by atoms with Gasteiger partial charge in [0, 0.05) is 6.61 Å². The summed E-state index contributed by atoms with van der Waals surface area (Å²) in [6.07, 6.45) is 12.0. The molecular weight excluding hydrogens is 304 g/mol. The molecule has 144 valence electrons.